The van der Waals surface area contributed by atoms with Crippen LogP contribution in [0, 0.1) is 17.2 Å². The van der Waals surface area contributed by atoms with Gasteiger partial charge in [0.1, 0.15) is 5.82 Å². The third-order valence-electron chi connectivity index (χ3n) is 3.71. The van der Waals surface area contributed by atoms with Gasteiger partial charge in [0, 0.05) is 12.5 Å². The van der Waals surface area contributed by atoms with Crippen LogP contribution < -0.4 is 0 Å². The summed E-state index contributed by atoms with van der Waals surface area (Å²) in [7, 11) is 0. The minimum absolute atomic E-state index is 0.00529. The lowest BCUT2D eigenvalue weighted by molar-refractivity contribution is 0.516. The number of benzene rings is 1. The van der Waals surface area contributed by atoms with Gasteiger partial charge in [0.25, 0.3) is 0 Å². The molecule has 0 aliphatic rings. The van der Waals surface area contributed by atoms with Crippen molar-refractivity contribution in [1.82, 2.24) is 9.55 Å². The van der Waals surface area contributed by atoms with Crippen molar-refractivity contribution in [3.05, 3.63) is 30.1 Å². The van der Waals surface area contributed by atoms with Crippen LogP contribution in [0.2, 0.25) is 0 Å². The summed E-state index contributed by atoms with van der Waals surface area (Å²) >= 11 is 0. The Morgan fingerprint density at radius 2 is 1.95 bits per heavy atom. The highest BCUT2D eigenvalue weighted by Crippen LogP contribution is 2.27. The number of imidazole rings is 1. The van der Waals surface area contributed by atoms with Gasteiger partial charge in [0.05, 0.1) is 23.0 Å². The van der Waals surface area contributed by atoms with Crippen LogP contribution in [-0.2, 0) is 6.54 Å². The van der Waals surface area contributed by atoms with Crippen LogP contribution in [-0.4, -0.2) is 9.55 Å². The fraction of sp³-hybridized carbons (Fsp3) is 0.500. The average molecular weight is 255 g/mol. The van der Waals surface area contributed by atoms with E-state index in [2.05, 4.69) is 36.6 Å². The number of fused-ring (bicyclic) bond motifs is 1. The van der Waals surface area contributed by atoms with Gasteiger partial charge < -0.3 is 4.57 Å². The Labute approximate surface area is 114 Å². The molecule has 2 rings (SSSR count). The SMILES string of the molecule is CCC(CC)c1nc2ccccc2n1CC(C)C#N. The summed E-state index contributed by atoms with van der Waals surface area (Å²) in [6.07, 6.45) is 2.17. The fourth-order valence-electron chi connectivity index (χ4n) is 2.57. The highest BCUT2D eigenvalue weighted by atomic mass is 15.1. The maximum Gasteiger partial charge on any atom is 0.113 e. The second-order valence-electron chi connectivity index (χ2n) is 5.11. The van der Waals surface area contributed by atoms with Crippen LogP contribution in [0.5, 0.6) is 0 Å². The molecule has 0 saturated heterocycles. The maximum atomic E-state index is 9.07. The van der Waals surface area contributed by atoms with Crippen LogP contribution in [0.15, 0.2) is 24.3 Å². The smallest absolute Gasteiger partial charge is 0.113 e. The largest absolute Gasteiger partial charge is 0.326 e. The lowest BCUT2D eigenvalue weighted by Crippen LogP contribution is -2.12. The molecule has 100 valence electrons. The Hall–Kier alpha value is -1.82. The molecule has 1 aromatic heterocycles. The van der Waals surface area contributed by atoms with E-state index < -0.39 is 0 Å². The van der Waals surface area contributed by atoms with Crippen molar-refractivity contribution in [3.8, 4) is 6.07 Å². The quantitative estimate of drug-likeness (QED) is 0.807. The number of hydrogen-bond acceptors (Lipinski definition) is 2. The molecule has 0 amide bonds. The number of nitrogens with zero attached hydrogens (tertiary/aromatic N) is 3. The molecular weight excluding hydrogens is 234 g/mol. The second-order valence-corrected chi connectivity index (χ2v) is 5.11. The summed E-state index contributed by atoms with van der Waals surface area (Å²) in [6, 6.07) is 10.5. The Morgan fingerprint density at radius 3 is 2.58 bits per heavy atom. The highest BCUT2D eigenvalue weighted by molar-refractivity contribution is 5.76. The van der Waals surface area contributed by atoms with Gasteiger partial charge in [-0.2, -0.15) is 5.26 Å². The molecule has 1 unspecified atom stereocenters. The van der Waals surface area contributed by atoms with Gasteiger partial charge in [-0.1, -0.05) is 26.0 Å². The molecule has 3 nitrogen and oxygen atoms in total. The van der Waals surface area contributed by atoms with Crippen LogP contribution >= 0.6 is 0 Å². The van der Waals surface area contributed by atoms with Gasteiger partial charge in [-0.3, -0.25) is 0 Å². The van der Waals surface area contributed by atoms with E-state index in [9.17, 15) is 0 Å². The molecule has 0 bridgehead atoms. The molecule has 1 aromatic carbocycles. The van der Waals surface area contributed by atoms with E-state index in [-0.39, 0.29) is 5.92 Å². The van der Waals surface area contributed by atoms with Gasteiger partial charge in [-0.25, -0.2) is 4.98 Å². The highest BCUT2D eigenvalue weighted by Gasteiger charge is 2.18. The summed E-state index contributed by atoms with van der Waals surface area (Å²) < 4.78 is 2.24. The molecule has 1 atom stereocenters. The number of rotatable bonds is 5. The molecule has 0 saturated carbocycles. The van der Waals surface area contributed by atoms with Crippen molar-refractivity contribution in [1.29, 1.82) is 5.26 Å². The van der Waals surface area contributed by atoms with E-state index >= 15 is 0 Å². The van der Waals surface area contributed by atoms with E-state index in [1.54, 1.807) is 0 Å². The van der Waals surface area contributed by atoms with Crippen molar-refractivity contribution < 1.29 is 0 Å². The molecule has 0 aliphatic carbocycles. The van der Waals surface area contributed by atoms with Crippen molar-refractivity contribution in [3.63, 3.8) is 0 Å². The number of aromatic nitrogens is 2. The van der Waals surface area contributed by atoms with Crippen LogP contribution in [0.1, 0.15) is 45.4 Å². The number of para-hydroxylation sites is 2. The lowest BCUT2D eigenvalue weighted by atomic mass is 10.0. The summed E-state index contributed by atoms with van der Waals surface area (Å²) in [5.41, 5.74) is 2.18. The van der Waals surface area contributed by atoms with Gasteiger partial charge >= 0.3 is 0 Å². The second kappa shape index (κ2) is 5.88. The van der Waals surface area contributed by atoms with Gasteiger partial charge in [-0.15, -0.1) is 0 Å². The third kappa shape index (κ3) is 2.63. The monoisotopic (exact) mass is 255 g/mol. The molecule has 0 spiro atoms. The molecule has 0 fully saturated rings. The first kappa shape index (κ1) is 13.6. The first-order chi connectivity index (χ1) is 9.21. The normalized spacial score (nSPS) is 12.8. The Balaban J connectivity index is 2.55. The Kier molecular flexibility index (Phi) is 4.21. The molecular formula is C16H21N3. The zero-order valence-electron chi connectivity index (χ0n) is 11.9. The number of nitriles is 1. The van der Waals surface area contributed by atoms with Crippen molar-refractivity contribution in [2.24, 2.45) is 5.92 Å². The van der Waals surface area contributed by atoms with E-state index in [0.29, 0.717) is 5.92 Å². The standard InChI is InChI=1S/C16H21N3/c1-4-13(5-2)16-18-14-8-6-7-9-15(14)19(16)11-12(3)10-17/h6-9,12-13H,4-5,11H2,1-3H3. The molecule has 19 heavy (non-hydrogen) atoms. The summed E-state index contributed by atoms with van der Waals surface area (Å²) in [6.45, 7) is 7.09. The molecule has 0 radical (unpaired) electrons. The summed E-state index contributed by atoms with van der Waals surface area (Å²) in [5.74, 6) is 1.61. The predicted octanol–water partition coefficient (Wildman–Crippen LogP) is 4.10. The van der Waals surface area contributed by atoms with Crippen LogP contribution in [0.3, 0.4) is 0 Å². The average Bonchev–Trinajstić information content (AvgIpc) is 2.79. The minimum Gasteiger partial charge on any atom is -0.326 e. The zero-order chi connectivity index (χ0) is 13.8. The van der Waals surface area contributed by atoms with E-state index in [4.69, 9.17) is 10.2 Å². The van der Waals surface area contributed by atoms with E-state index in [0.717, 1.165) is 36.2 Å². The first-order valence-corrected chi connectivity index (χ1v) is 7.06. The summed E-state index contributed by atoms with van der Waals surface area (Å²) in [4.78, 5) is 4.80. The first-order valence-electron chi connectivity index (χ1n) is 7.06. The lowest BCUT2D eigenvalue weighted by Gasteiger charge is -2.16. The molecule has 3 heteroatoms. The molecule has 0 N–H and O–H groups in total. The topological polar surface area (TPSA) is 41.6 Å². The van der Waals surface area contributed by atoms with Crippen molar-refractivity contribution in [2.45, 2.75) is 46.1 Å². The third-order valence-corrected chi connectivity index (χ3v) is 3.71. The molecule has 2 aromatic rings. The Morgan fingerprint density at radius 1 is 1.26 bits per heavy atom. The number of hydrogen-bond donors (Lipinski definition) is 0. The zero-order valence-corrected chi connectivity index (χ0v) is 11.9. The molecule has 0 aliphatic heterocycles. The fourth-order valence-corrected chi connectivity index (χ4v) is 2.57. The minimum atomic E-state index is 0.00529. The van der Waals surface area contributed by atoms with Crippen molar-refractivity contribution >= 4 is 11.0 Å². The van der Waals surface area contributed by atoms with E-state index in [1.165, 1.54) is 0 Å². The van der Waals surface area contributed by atoms with Gasteiger partial charge in [-0.05, 0) is 31.9 Å². The van der Waals surface area contributed by atoms with Gasteiger partial charge in [0.15, 0.2) is 0 Å². The molecule has 1 heterocycles. The predicted molar refractivity (Wildman–Crippen MR) is 77.8 cm³/mol. The van der Waals surface area contributed by atoms with Crippen LogP contribution in [0.25, 0.3) is 11.0 Å². The van der Waals surface area contributed by atoms with Gasteiger partial charge in [0.2, 0.25) is 0 Å². The van der Waals surface area contributed by atoms with E-state index in [1.807, 2.05) is 19.1 Å². The van der Waals surface area contributed by atoms with Crippen molar-refractivity contribution in [2.75, 3.05) is 0 Å². The Bertz CT molecular complexity index is 588. The summed E-state index contributed by atoms with van der Waals surface area (Å²) in [5, 5.41) is 9.07. The van der Waals surface area contributed by atoms with Crippen LogP contribution in [0.4, 0.5) is 0 Å². The maximum absolute atomic E-state index is 9.07.